The fourth-order valence-electron chi connectivity index (χ4n) is 2.02. The average Bonchev–Trinajstić information content (AvgIpc) is 2.50. The van der Waals surface area contributed by atoms with Crippen LogP contribution in [-0.4, -0.2) is 15.9 Å². The van der Waals surface area contributed by atoms with E-state index in [0.29, 0.717) is 27.2 Å². The highest BCUT2D eigenvalue weighted by Crippen LogP contribution is 2.22. The summed E-state index contributed by atoms with van der Waals surface area (Å²) in [5.41, 5.74) is 1.13. The van der Waals surface area contributed by atoms with E-state index in [9.17, 15) is 9.59 Å². The van der Waals surface area contributed by atoms with E-state index in [1.54, 1.807) is 36.4 Å². The van der Waals surface area contributed by atoms with Gasteiger partial charge in [-0.15, -0.1) is 0 Å². The first-order valence-electron chi connectivity index (χ1n) is 6.28. The number of nitrogens with one attached hydrogen (secondary N) is 2. The Morgan fingerprint density at radius 2 is 2.05 bits per heavy atom. The highest BCUT2D eigenvalue weighted by Gasteiger charge is 2.12. The second kappa shape index (κ2) is 5.90. The highest BCUT2D eigenvalue weighted by atomic mass is 79.9. The lowest BCUT2D eigenvalue weighted by atomic mass is 10.2. The minimum Gasteiger partial charge on any atom is -0.322 e. The molecule has 3 rings (SSSR count). The molecule has 0 aliphatic rings. The number of H-pyrrole nitrogens is 1. The van der Waals surface area contributed by atoms with Gasteiger partial charge in [0, 0.05) is 10.2 Å². The zero-order valence-electron chi connectivity index (χ0n) is 11.1. The fraction of sp³-hybridized carbons (Fsp3) is 0. The number of aromatic amines is 1. The molecule has 0 fully saturated rings. The van der Waals surface area contributed by atoms with Gasteiger partial charge in [0.05, 0.1) is 27.8 Å². The van der Waals surface area contributed by atoms with Crippen molar-refractivity contribution in [2.24, 2.45) is 0 Å². The van der Waals surface area contributed by atoms with Crippen molar-refractivity contribution in [1.29, 1.82) is 0 Å². The number of rotatable bonds is 2. The maximum absolute atomic E-state index is 12.3. The summed E-state index contributed by atoms with van der Waals surface area (Å²) >= 11 is 9.33. The highest BCUT2D eigenvalue weighted by molar-refractivity contribution is 9.10. The number of hydrogen-bond acceptors (Lipinski definition) is 3. The molecular weight excluding hydrogens is 370 g/mol. The number of aromatic nitrogens is 2. The Morgan fingerprint density at radius 1 is 1.23 bits per heavy atom. The maximum Gasteiger partial charge on any atom is 0.258 e. The van der Waals surface area contributed by atoms with Crippen LogP contribution >= 0.6 is 27.5 Å². The summed E-state index contributed by atoms with van der Waals surface area (Å²) in [5, 5.41) is 3.47. The first-order valence-corrected chi connectivity index (χ1v) is 7.45. The van der Waals surface area contributed by atoms with Gasteiger partial charge in [0.25, 0.3) is 11.5 Å². The van der Waals surface area contributed by atoms with Gasteiger partial charge in [-0.25, -0.2) is 4.98 Å². The lowest BCUT2D eigenvalue weighted by molar-refractivity contribution is 0.102. The molecule has 0 aliphatic carbocycles. The van der Waals surface area contributed by atoms with Crippen LogP contribution in [0.25, 0.3) is 10.9 Å². The third-order valence-electron chi connectivity index (χ3n) is 3.07. The number of anilines is 1. The molecule has 1 aromatic heterocycles. The Bertz CT molecular complexity index is 939. The normalized spacial score (nSPS) is 10.6. The van der Waals surface area contributed by atoms with E-state index in [1.165, 1.54) is 6.33 Å². The van der Waals surface area contributed by atoms with Crippen LogP contribution < -0.4 is 10.9 Å². The number of benzene rings is 2. The van der Waals surface area contributed by atoms with Crippen molar-refractivity contribution in [3.8, 4) is 0 Å². The molecule has 22 heavy (non-hydrogen) atoms. The molecule has 1 heterocycles. The van der Waals surface area contributed by atoms with Gasteiger partial charge in [0.2, 0.25) is 0 Å². The molecule has 0 spiro atoms. The van der Waals surface area contributed by atoms with Gasteiger partial charge in [0.15, 0.2) is 0 Å². The van der Waals surface area contributed by atoms with Gasteiger partial charge in [0.1, 0.15) is 0 Å². The second-order valence-electron chi connectivity index (χ2n) is 4.54. The van der Waals surface area contributed by atoms with Crippen LogP contribution in [0.3, 0.4) is 0 Å². The van der Waals surface area contributed by atoms with Crippen molar-refractivity contribution in [2.75, 3.05) is 5.32 Å². The number of carbonyl (C=O) groups is 1. The standard InChI is InChI=1S/C15H9BrClN3O2/c16-8-1-3-12(17)10(5-8)15(22)20-9-2-4-13-11(6-9)14(21)19-7-18-13/h1-7H,(H,20,22)(H,18,19,21). The van der Waals surface area contributed by atoms with Crippen LogP contribution in [0.5, 0.6) is 0 Å². The third-order valence-corrected chi connectivity index (χ3v) is 3.89. The molecule has 3 aromatic rings. The molecule has 7 heteroatoms. The fourth-order valence-corrected chi connectivity index (χ4v) is 2.58. The van der Waals surface area contributed by atoms with Crippen LogP contribution in [0, 0.1) is 0 Å². The third kappa shape index (κ3) is 2.88. The van der Waals surface area contributed by atoms with E-state index in [4.69, 9.17) is 11.6 Å². The van der Waals surface area contributed by atoms with E-state index in [1.807, 2.05) is 0 Å². The SMILES string of the molecule is O=C(Nc1ccc2nc[nH]c(=O)c2c1)c1cc(Br)ccc1Cl. The van der Waals surface area contributed by atoms with Gasteiger partial charge in [-0.1, -0.05) is 27.5 Å². The van der Waals surface area contributed by atoms with E-state index in [0.717, 1.165) is 4.47 Å². The van der Waals surface area contributed by atoms with Crippen LogP contribution in [0.15, 0.2) is 52.0 Å². The summed E-state index contributed by atoms with van der Waals surface area (Å²) in [4.78, 5) is 30.6. The molecule has 0 atom stereocenters. The number of halogens is 2. The van der Waals surface area contributed by atoms with Gasteiger partial charge < -0.3 is 10.3 Å². The first-order chi connectivity index (χ1) is 10.5. The minimum absolute atomic E-state index is 0.262. The number of hydrogen-bond donors (Lipinski definition) is 2. The Hall–Kier alpha value is -2.18. The van der Waals surface area contributed by atoms with Gasteiger partial charge in [-0.05, 0) is 36.4 Å². The van der Waals surface area contributed by atoms with Gasteiger partial charge in [-0.3, -0.25) is 9.59 Å². The Balaban J connectivity index is 1.96. The Labute approximate surface area is 138 Å². The van der Waals surface area contributed by atoms with E-state index in [2.05, 4.69) is 31.2 Å². The maximum atomic E-state index is 12.3. The quantitative estimate of drug-likeness (QED) is 0.715. The van der Waals surface area contributed by atoms with E-state index in [-0.39, 0.29) is 11.5 Å². The summed E-state index contributed by atoms with van der Waals surface area (Å²) in [6.07, 6.45) is 1.34. The summed E-state index contributed by atoms with van der Waals surface area (Å²) in [7, 11) is 0. The summed E-state index contributed by atoms with van der Waals surface area (Å²) in [6.45, 7) is 0. The van der Waals surface area contributed by atoms with E-state index >= 15 is 0 Å². The lowest BCUT2D eigenvalue weighted by Crippen LogP contribution is -2.13. The second-order valence-corrected chi connectivity index (χ2v) is 5.86. The Morgan fingerprint density at radius 3 is 2.86 bits per heavy atom. The lowest BCUT2D eigenvalue weighted by Gasteiger charge is -2.08. The molecule has 2 aromatic carbocycles. The minimum atomic E-state index is -0.356. The molecule has 110 valence electrons. The monoisotopic (exact) mass is 377 g/mol. The van der Waals surface area contributed by atoms with Gasteiger partial charge >= 0.3 is 0 Å². The largest absolute Gasteiger partial charge is 0.322 e. The molecule has 0 bridgehead atoms. The molecule has 0 saturated carbocycles. The van der Waals surface area contributed by atoms with Crippen molar-refractivity contribution in [2.45, 2.75) is 0 Å². The molecule has 1 amide bonds. The van der Waals surface area contributed by atoms with Crippen molar-refractivity contribution in [3.05, 3.63) is 68.1 Å². The molecule has 0 aliphatic heterocycles. The molecule has 5 nitrogen and oxygen atoms in total. The number of fused-ring (bicyclic) bond motifs is 1. The summed E-state index contributed by atoms with van der Waals surface area (Å²) < 4.78 is 0.751. The molecule has 0 unspecified atom stereocenters. The molecule has 0 radical (unpaired) electrons. The number of nitrogens with zero attached hydrogens (tertiary/aromatic N) is 1. The molecule has 2 N–H and O–H groups in total. The van der Waals surface area contributed by atoms with Crippen molar-refractivity contribution >= 4 is 50.0 Å². The molecule has 0 saturated heterocycles. The summed E-state index contributed by atoms with van der Waals surface area (Å²) in [6, 6.07) is 9.94. The average molecular weight is 379 g/mol. The van der Waals surface area contributed by atoms with Crippen molar-refractivity contribution in [3.63, 3.8) is 0 Å². The predicted molar refractivity (Wildman–Crippen MR) is 89.5 cm³/mol. The number of amides is 1. The summed E-state index contributed by atoms with van der Waals surface area (Å²) in [5.74, 6) is -0.356. The molecular formula is C15H9BrClN3O2. The van der Waals surface area contributed by atoms with Crippen molar-refractivity contribution < 1.29 is 4.79 Å². The van der Waals surface area contributed by atoms with E-state index < -0.39 is 0 Å². The van der Waals surface area contributed by atoms with Crippen LogP contribution in [-0.2, 0) is 0 Å². The van der Waals surface area contributed by atoms with Gasteiger partial charge in [-0.2, -0.15) is 0 Å². The zero-order chi connectivity index (χ0) is 15.7. The Kier molecular flexibility index (Phi) is 3.96. The zero-order valence-corrected chi connectivity index (χ0v) is 13.4. The van der Waals surface area contributed by atoms with Crippen molar-refractivity contribution in [1.82, 2.24) is 9.97 Å². The smallest absolute Gasteiger partial charge is 0.258 e. The number of carbonyl (C=O) groups excluding carboxylic acids is 1. The first kappa shape index (κ1) is 14.7. The van der Waals surface area contributed by atoms with Crippen LogP contribution in [0.1, 0.15) is 10.4 Å². The predicted octanol–water partition coefficient (Wildman–Crippen LogP) is 3.59. The topological polar surface area (TPSA) is 74.8 Å². The van der Waals surface area contributed by atoms with Crippen LogP contribution in [0.2, 0.25) is 5.02 Å². The van der Waals surface area contributed by atoms with Crippen LogP contribution in [0.4, 0.5) is 5.69 Å².